The van der Waals surface area contributed by atoms with E-state index in [1.54, 1.807) is 12.1 Å². The largest absolute Gasteiger partial charge is 0.484 e. The van der Waals surface area contributed by atoms with Crippen molar-refractivity contribution in [3.05, 3.63) is 30.3 Å². The molecular weight excluding hydrogens is 340 g/mol. The van der Waals surface area contributed by atoms with E-state index in [1.165, 1.54) is 38.5 Å². The van der Waals surface area contributed by atoms with Crippen molar-refractivity contribution in [2.24, 2.45) is 23.2 Å². The van der Waals surface area contributed by atoms with E-state index in [1.807, 2.05) is 18.2 Å². The van der Waals surface area contributed by atoms with Gasteiger partial charge in [-0.3, -0.25) is 9.59 Å². The summed E-state index contributed by atoms with van der Waals surface area (Å²) in [5, 5.41) is 5.83. The molecule has 1 aromatic carbocycles. The smallest absolute Gasteiger partial charge is 0.258 e. The summed E-state index contributed by atoms with van der Waals surface area (Å²) in [6.07, 6.45) is 7.99. The summed E-state index contributed by atoms with van der Waals surface area (Å²) in [6.45, 7) is 2.08. The minimum absolute atomic E-state index is 0.00763. The first-order chi connectivity index (χ1) is 13.0. The molecule has 2 amide bonds. The minimum atomic E-state index is -0.281. The second-order valence-electron chi connectivity index (χ2n) is 8.95. The van der Waals surface area contributed by atoms with Gasteiger partial charge in [0.05, 0.1) is 6.54 Å². The normalized spacial score (nSPS) is 32.0. The van der Waals surface area contributed by atoms with Gasteiger partial charge in [0, 0.05) is 6.04 Å². The number of benzene rings is 1. The number of ether oxygens (including phenoxy) is 1. The lowest BCUT2D eigenvalue weighted by atomic mass is 9.48. The van der Waals surface area contributed by atoms with Gasteiger partial charge in [-0.15, -0.1) is 0 Å². The van der Waals surface area contributed by atoms with Crippen LogP contribution in [-0.2, 0) is 9.59 Å². The van der Waals surface area contributed by atoms with Crippen molar-refractivity contribution >= 4 is 11.8 Å². The predicted octanol–water partition coefficient (Wildman–Crippen LogP) is 2.90. The monoisotopic (exact) mass is 370 g/mol. The highest BCUT2D eigenvalue weighted by Gasteiger charge is 2.53. The molecule has 4 aliphatic rings. The van der Waals surface area contributed by atoms with Crippen LogP contribution < -0.4 is 15.4 Å². The van der Waals surface area contributed by atoms with Crippen LogP contribution in [0.5, 0.6) is 5.75 Å². The molecule has 5 heteroatoms. The molecule has 1 unspecified atom stereocenters. The second-order valence-corrected chi connectivity index (χ2v) is 8.95. The van der Waals surface area contributed by atoms with E-state index < -0.39 is 0 Å². The quantitative estimate of drug-likeness (QED) is 0.775. The Kier molecular flexibility index (Phi) is 5.11. The molecule has 0 aliphatic heterocycles. The number of rotatable bonds is 7. The van der Waals surface area contributed by atoms with Crippen molar-refractivity contribution < 1.29 is 14.3 Å². The van der Waals surface area contributed by atoms with Crippen molar-refractivity contribution in [2.75, 3.05) is 13.2 Å². The van der Waals surface area contributed by atoms with Crippen LogP contribution in [0.25, 0.3) is 0 Å². The molecular formula is C22H30N2O3. The van der Waals surface area contributed by atoms with E-state index in [0.29, 0.717) is 5.75 Å². The van der Waals surface area contributed by atoms with Crippen LogP contribution in [0.15, 0.2) is 30.3 Å². The average Bonchev–Trinajstić information content (AvgIpc) is 2.64. The molecule has 27 heavy (non-hydrogen) atoms. The Morgan fingerprint density at radius 3 is 2.22 bits per heavy atom. The van der Waals surface area contributed by atoms with Crippen LogP contribution in [0.1, 0.15) is 45.4 Å². The van der Waals surface area contributed by atoms with E-state index in [2.05, 4.69) is 17.6 Å². The standard InChI is InChI=1S/C22H30N2O3/c1-15(22-10-16-7-17(11-22)9-18(8-16)12-22)24-20(25)13-23-21(26)14-27-19-5-3-2-4-6-19/h2-6,15-18H,7-14H2,1H3,(H,23,26)(H,24,25). The third-order valence-corrected chi connectivity index (χ3v) is 6.94. The van der Waals surface area contributed by atoms with Crippen molar-refractivity contribution in [1.82, 2.24) is 10.6 Å². The van der Waals surface area contributed by atoms with Gasteiger partial charge in [0.1, 0.15) is 5.75 Å². The van der Waals surface area contributed by atoms with Crippen LogP contribution >= 0.6 is 0 Å². The van der Waals surface area contributed by atoms with E-state index in [4.69, 9.17) is 4.74 Å². The zero-order valence-corrected chi connectivity index (χ0v) is 16.1. The van der Waals surface area contributed by atoms with Gasteiger partial charge in [0.2, 0.25) is 5.91 Å². The van der Waals surface area contributed by atoms with Crippen LogP contribution in [-0.4, -0.2) is 31.0 Å². The number of carbonyl (C=O) groups excluding carboxylic acids is 2. The fourth-order valence-electron chi connectivity index (χ4n) is 6.05. The lowest BCUT2D eigenvalue weighted by molar-refractivity contribution is -0.129. The van der Waals surface area contributed by atoms with Crippen molar-refractivity contribution in [3.63, 3.8) is 0 Å². The maximum atomic E-state index is 12.4. The van der Waals surface area contributed by atoms with Gasteiger partial charge in [0.25, 0.3) is 5.91 Å². The molecule has 0 radical (unpaired) electrons. The summed E-state index contributed by atoms with van der Waals surface area (Å²) in [7, 11) is 0. The molecule has 4 aliphatic carbocycles. The maximum absolute atomic E-state index is 12.4. The molecule has 4 saturated carbocycles. The van der Waals surface area contributed by atoms with Crippen LogP contribution in [0, 0.1) is 23.2 Å². The Balaban J connectivity index is 1.22. The molecule has 4 bridgehead atoms. The summed E-state index contributed by atoms with van der Waals surface area (Å²) < 4.78 is 5.40. The Morgan fingerprint density at radius 2 is 1.63 bits per heavy atom. The van der Waals surface area contributed by atoms with Crippen molar-refractivity contribution in [1.29, 1.82) is 0 Å². The number of nitrogens with one attached hydrogen (secondary N) is 2. The zero-order chi connectivity index (χ0) is 18.9. The van der Waals surface area contributed by atoms with Gasteiger partial charge in [-0.1, -0.05) is 18.2 Å². The Hall–Kier alpha value is -2.04. The highest BCUT2D eigenvalue weighted by Crippen LogP contribution is 2.61. The highest BCUT2D eigenvalue weighted by molar-refractivity contribution is 5.85. The first-order valence-electron chi connectivity index (χ1n) is 10.3. The molecule has 1 aromatic rings. The van der Waals surface area contributed by atoms with E-state index in [0.717, 1.165) is 17.8 Å². The zero-order valence-electron chi connectivity index (χ0n) is 16.1. The molecule has 0 spiro atoms. The number of carbonyl (C=O) groups is 2. The molecule has 5 rings (SSSR count). The average molecular weight is 370 g/mol. The van der Waals surface area contributed by atoms with E-state index in [-0.39, 0.29) is 36.4 Å². The molecule has 4 fully saturated rings. The fourth-order valence-corrected chi connectivity index (χ4v) is 6.05. The molecule has 5 nitrogen and oxygen atoms in total. The van der Waals surface area contributed by atoms with Crippen LogP contribution in [0.4, 0.5) is 0 Å². The van der Waals surface area contributed by atoms with Gasteiger partial charge in [0.15, 0.2) is 6.61 Å². The summed E-state index contributed by atoms with van der Waals surface area (Å²) in [5.41, 5.74) is 0.283. The highest BCUT2D eigenvalue weighted by atomic mass is 16.5. The van der Waals surface area contributed by atoms with Gasteiger partial charge < -0.3 is 15.4 Å². The molecule has 1 atom stereocenters. The first kappa shape index (κ1) is 18.3. The Labute approximate surface area is 161 Å². The lowest BCUT2D eigenvalue weighted by Gasteiger charge is -2.59. The van der Waals surface area contributed by atoms with Gasteiger partial charge in [-0.05, 0) is 80.8 Å². The summed E-state index contributed by atoms with van der Waals surface area (Å²) in [5.74, 6) is 2.86. The number of para-hydroxylation sites is 1. The lowest BCUT2D eigenvalue weighted by Crippen LogP contribution is -2.56. The molecule has 0 saturated heterocycles. The molecule has 0 heterocycles. The van der Waals surface area contributed by atoms with Crippen LogP contribution in [0.2, 0.25) is 0 Å². The Bertz CT molecular complexity index is 653. The Morgan fingerprint density at radius 1 is 1.04 bits per heavy atom. The minimum Gasteiger partial charge on any atom is -0.484 e. The maximum Gasteiger partial charge on any atom is 0.258 e. The second kappa shape index (κ2) is 7.53. The first-order valence-corrected chi connectivity index (χ1v) is 10.3. The van der Waals surface area contributed by atoms with E-state index >= 15 is 0 Å². The fraction of sp³-hybridized carbons (Fsp3) is 0.636. The molecule has 0 aromatic heterocycles. The predicted molar refractivity (Wildman–Crippen MR) is 103 cm³/mol. The van der Waals surface area contributed by atoms with Gasteiger partial charge in [-0.2, -0.15) is 0 Å². The van der Waals surface area contributed by atoms with Gasteiger partial charge >= 0.3 is 0 Å². The SMILES string of the molecule is CC(NC(=O)CNC(=O)COc1ccccc1)C12CC3CC(CC(C3)C1)C2. The molecule has 146 valence electrons. The summed E-state index contributed by atoms with van der Waals surface area (Å²) >= 11 is 0. The number of amides is 2. The van der Waals surface area contributed by atoms with Crippen LogP contribution in [0.3, 0.4) is 0 Å². The topological polar surface area (TPSA) is 67.4 Å². The number of hydrogen-bond donors (Lipinski definition) is 2. The van der Waals surface area contributed by atoms with Gasteiger partial charge in [-0.25, -0.2) is 0 Å². The van der Waals surface area contributed by atoms with Crippen molar-refractivity contribution in [3.8, 4) is 5.75 Å². The summed E-state index contributed by atoms with van der Waals surface area (Å²) in [6, 6.07) is 9.37. The third kappa shape index (κ3) is 4.12. The van der Waals surface area contributed by atoms with Crippen molar-refractivity contribution in [2.45, 2.75) is 51.5 Å². The molecule has 2 N–H and O–H groups in total. The number of hydrogen-bond acceptors (Lipinski definition) is 3. The third-order valence-electron chi connectivity index (χ3n) is 6.94. The van der Waals surface area contributed by atoms with E-state index in [9.17, 15) is 9.59 Å². The summed E-state index contributed by atoms with van der Waals surface area (Å²) in [4.78, 5) is 24.3.